The molecule has 1 heterocycles. The monoisotopic (exact) mass is 332 g/mol. The van der Waals surface area contributed by atoms with E-state index in [1.54, 1.807) is 0 Å². The Morgan fingerprint density at radius 3 is 2.67 bits per heavy atom. The summed E-state index contributed by atoms with van der Waals surface area (Å²) in [4.78, 5) is 14.0. The van der Waals surface area contributed by atoms with Gasteiger partial charge in [-0.05, 0) is 36.3 Å². The standard InChI is InChI=1S/C20H32N2O2/c1-16(2)14-24-19(23)22-13-11-18(20(3,4)15-22)21-12-10-17-8-6-5-7-9-17/h5-9,16,18,21H,10-15H2,1-4H3. The first-order chi connectivity index (χ1) is 11.4. The van der Waals surface area contributed by atoms with Crippen molar-refractivity contribution in [1.29, 1.82) is 0 Å². The van der Waals surface area contributed by atoms with Crippen molar-refractivity contribution in [3.8, 4) is 0 Å². The lowest BCUT2D eigenvalue weighted by molar-refractivity contribution is 0.0455. The number of hydrogen-bond donors (Lipinski definition) is 1. The maximum absolute atomic E-state index is 12.2. The molecular formula is C20H32N2O2. The highest BCUT2D eigenvalue weighted by atomic mass is 16.6. The first kappa shape index (κ1) is 18.8. The van der Waals surface area contributed by atoms with Gasteiger partial charge in [0.1, 0.15) is 0 Å². The Hall–Kier alpha value is -1.55. The predicted octanol–water partition coefficient (Wildman–Crippen LogP) is 3.71. The van der Waals surface area contributed by atoms with Gasteiger partial charge < -0.3 is 15.0 Å². The molecular weight excluding hydrogens is 300 g/mol. The summed E-state index contributed by atoms with van der Waals surface area (Å²) in [6.07, 6.45) is 1.84. The van der Waals surface area contributed by atoms with Gasteiger partial charge in [0.05, 0.1) is 6.61 Å². The van der Waals surface area contributed by atoms with Crippen molar-refractivity contribution in [1.82, 2.24) is 10.2 Å². The van der Waals surface area contributed by atoms with Crippen molar-refractivity contribution in [2.45, 2.75) is 46.6 Å². The summed E-state index contributed by atoms with van der Waals surface area (Å²) in [5.74, 6) is 0.374. The minimum atomic E-state index is -0.167. The largest absolute Gasteiger partial charge is 0.449 e. The second-order valence-electron chi connectivity index (χ2n) is 7.91. The van der Waals surface area contributed by atoms with Crippen LogP contribution in [-0.4, -0.2) is 43.3 Å². The molecule has 2 rings (SSSR count). The van der Waals surface area contributed by atoms with Crippen LogP contribution in [0.1, 0.15) is 39.7 Å². The van der Waals surface area contributed by atoms with Gasteiger partial charge in [-0.3, -0.25) is 0 Å². The van der Waals surface area contributed by atoms with E-state index in [2.05, 4.69) is 57.3 Å². The van der Waals surface area contributed by atoms with Crippen LogP contribution in [0.15, 0.2) is 30.3 Å². The zero-order chi connectivity index (χ0) is 17.6. The number of hydrogen-bond acceptors (Lipinski definition) is 3. The smallest absolute Gasteiger partial charge is 0.409 e. The van der Waals surface area contributed by atoms with Crippen LogP contribution in [0.25, 0.3) is 0 Å². The number of carbonyl (C=O) groups excluding carboxylic acids is 1. The molecule has 1 fully saturated rings. The number of ether oxygens (including phenoxy) is 1. The van der Waals surface area contributed by atoms with Crippen molar-refractivity contribution in [3.63, 3.8) is 0 Å². The molecule has 0 spiro atoms. The molecule has 4 nitrogen and oxygen atoms in total. The van der Waals surface area contributed by atoms with Crippen molar-refractivity contribution >= 4 is 6.09 Å². The first-order valence-electron chi connectivity index (χ1n) is 9.07. The van der Waals surface area contributed by atoms with E-state index in [4.69, 9.17) is 4.74 Å². The van der Waals surface area contributed by atoms with E-state index < -0.39 is 0 Å². The highest BCUT2D eigenvalue weighted by Crippen LogP contribution is 2.29. The second-order valence-corrected chi connectivity index (χ2v) is 7.91. The zero-order valence-electron chi connectivity index (χ0n) is 15.5. The Morgan fingerprint density at radius 1 is 1.33 bits per heavy atom. The Bertz CT molecular complexity index is 514. The van der Waals surface area contributed by atoms with Gasteiger partial charge in [-0.15, -0.1) is 0 Å². The summed E-state index contributed by atoms with van der Waals surface area (Å²) in [7, 11) is 0. The quantitative estimate of drug-likeness (QED) is 0.863. The van der Waals surface area contributed by atoms with Gasteiger partial charge in [0.15, 0.2) is 0 Å². The van der Waals surface area contributed by atoms with Crippen LogP contribution in [0.2, 0.25) is 0 Å². The van der Waals surface area contributed by atoms with E-state index in [-0.39, 0.29) is 11.5 Å². The van der Waals surface area contributed by atoms with E-state index in [1.807, 2.05) is 11.0 Å². The van der Waals surface area contributed by atoms with Gasteiger partial charge in [0.25, 0.3) is 0 Å². The number of nitrogens with one attached hydrogen (secondary N) is 1. The van der Waals surface area contributed by atoms with Gasteiger partial charge in [0.2, 0.25) is 0 Å². The molecule has 0 aliphatic carbocycles. The van der Waals surface area contributed by atoms with Gasteiger partial charge in [-0.25, -0.2) is 4.79 Å². The summed E-state index contributed by atoms with van der Waals surface area (Å²) in [5, 5.41) is 3.69. The maximum atomic E-state index is 12.2. The molecule has 4 heteroatoms. The Labute approximate surface area is 146 Å². The van der Waals surface area contributed by atoms with E-state index in [0.717, 1.165) is 32.5 Å². The van der Waals surface area contributed by atoms with E-state index in [1.165, 1.54) is 5.56 Å². The second kappa shape index (κ2) is 8.52. The summed E-state index contributed by atoms with van der Waals surface area (Å²) in [6.45, 7) is 11.5. The highest BCUT2D eigenvalue weighted by molar-refractivity contribution is 5.67. The fourth-order valence-corrected chi connectivity index (χ4v) is 3.26. The number of likely N-dealkylation sites (tertiary alicyclic amines) is 1. The van der Waals surface area contributed by atoms with Crippen molar-refractivity contribution < 1.29 is 9.53 Å². The lowest BCUT2D eigenvalue weighted by atomic mass is 9.79. The van der Waals surface area contributed by atoms with Gasteiger partial charge in [-0.2, -0.15) is 0 Å². The molecule has 1 aliphatic rings. The Morgan fingerprint density at radius 2 is 2.04 bits per heavy atom. The number of rotatable bonds is 6. The predicted molar refractivity (Wildman–Crippen MR) is 98.1 cm³/mol. The summed E-state index contributed by atoms with van der Waals surface area (Å²) >= 11 is 0. The molecule has 1 atom stereocenters. The van der Waals surface area contributed by atoms with Crippen LogP contribution in [0.5, 0.6) is 0 Å². The third-order valence-corrected chi connectivity index (χ3v) is 4.67. The Kier molecular flexibility index (Phi) is 6.67. The number of benzene rings is 1. The van der Waals surface area contributed by atoms with Crippen molar-refractivity contribution in [2.24, 2.45) is 11.3 Å². The fraction of sp³-hybridized carbons (Fsp3) is 0.650. The molecule has 24 heavy (non-hydrogen) atoms. The minimum Gasteiger partial charge on any atom is -0.449 e. The minimum absolute atomic E-state index is 0.0474. The van der Waals surface area contributed by atoms with Crippen molar-refractivity contribution in [3.05, 3.63) is 35.9 Å². The topological polar surface area (TPSA) is 41.6 Å². The first-order valence-corrected chi connectivity index (χ1v) is 9.07. The maximum Gasteiger partial charge on any atom is 0.409 e. The van der Waals surface area contributed by atoms with Crippen LogP contribution >= 0.6 is 0 Å². The molecule has 1 amide bonds. The molecule has 0 bridgehead atoms. The highest BCUT2D eigenvalue weighted by Gasteiger charge is 2.37. The molecule has 1 aromatic rings. The third kappa shape index (κ3) is 5.52. The fourth-order valence-electron chi connectivity index (χ4n) is 3.26. The van der Waals surface area contributed by atoms with E-state index >= 15 is 0 Å². The molecule has 1 saturated heterocycles. The average Bonchev–Trinajstić information content (AvgIpc) is 2.54. The number of amides is 1. The molecule has 1 aromatic carbocycles. The normalized spacial score (nSPS) is 20.2. The van der Waals surface area contributed by atoms with Crippen LogP contribution < -0.4 is 5.32 Å². The third-order valence-electron chi connectivity index (χ3n) is 4.67. The van der Waals surface area contributed by atoms with E-state index in [9.17, 15) is 4.79 Å². The van der Waals surface area contributed by atoms with Gasteiger partial charge in [0, 0.05) is 19.1 Å². The molecule has 0 saturated carbocycles. The van der Waals surface area contributed by atoms with Crippen molar-refractivity contribution in [2.75, 3.05) is 26.2 Å². The molecule has 1 aliphatic heterocycles. The Balaban J connectivity index is 1.79. The number of piperidine rings is 1. The average molecular weight is 332 g/mol. The molecule has 134 valence electrons. The van der Waals surface area contributed by atoms with Gasteiger partial charge >= 0.3 is 6.09 Å². The van der Waals surface area contributed by atoms with Gasteiger partial charge in [-0.1, -0.05) is 58.0 Å². The number of carbonyl (C=O) groups is 1. The SMILES string of the molecule is CC(C)COC(=O)N1CCC(NCCc2ccccc2)C(C)(C)C1. The lowest BCUT2D eigenvalue weighted by Gasteiger charge is -2.44. The van der Waals surface area contributed by atoms with Crippen LogP contribution in [0, 0.1) is 11.3 Å². The number of nitrogens with zero attached hydrogens (tertiary/aromatic N) is 1. The molecule has 1 unspecified atom stereocenters. The molecule has 1 N–H and O–H groups in total. The van der Waals surface area contributed by atoms with Crippen LogP contribution in [0.4, 0.5) is 4.79 Å². The van der Waals surface area contributed by atoms with E-state index in [0.29, 0.717) is 18.6 Å². The van der Waals surface area contributed by atoms with Crippen LogP contribution in [-0.2, 0) is 11.2 Å². The summed E-state index contributed by atoms with van der Waals surface area (Å²) in [5.41, 5.74) is 1.41. The summed E-state index contributed by atoms with van der Waals surface area (Å²) < 4.78 is 5.38. The molecule has 0 aromatic heterocycles. The zero-order valence-corrected chi connectivity index (χ0v) is 15.5. The lowest BCUT2D eigenvalue weighted by Crippen LogP contribution is -2.56. The summed E-state index contributed by atoms with van der Waals surface area (Å²) in [6, 6.07) is 11.0. The molecule has 0 radical (unpaired) electrons. The van der Waals surface area contributed by atoms with Crippen LogP contribution in [0.3, 0.4) is 0 Å².